The molecule has 2 rings (SSSR count). The first-order valence-corrected chi connectivity index (χ1v) is 5.50. The third-order valence-corrected chi connectivity index (χ3v) is 2.87. The van der Waals surface area contributed by atoms with Crippen molar-refractivity contribution in [3.63, 3.8) is 0 Å². The molecule has 0 aliphatic carbocycles. The molecule has 16 heavy (non-hydrogen) atoms. The Balaban J connectivity index is 2.56. The van der Waals surface area contributed by atoms with E-state index in [0.29, 0.717) is 0 Å². The summed E-state index contributed by atoms with van der Waals surface area (Å²) in [7, 11) is 0. The van der Waals surface area contributed by atoms with E-state index in [1.165, 1.54) is 21.9 Å². The maximum Gasteiger partial charge on any atom is -0.0221 e. The van der Waals surface area contributed by atoms with Crippen molar-refractivity contribution >= 4 is 12.2 Å². The Bertz CT molecular complexity index is 565. The summed E-state index contributed by atoms with van der Waals surface area (Å²) in [5.74, 6) is 0. The fourth-order valence-electron chi connectivity index (χ4n) is 1.72. The second-order valence-corrected chi connectivity index (χ2v) is 4.19. The van der Waals surface area contributed by atoms with Crippen LogP contribution in [0.2, 0.25) is 0 Å². The van der Waals surface area contributed by atoms with Gasteiger partial charge in [-0.3, -0.25) is 0 Å². The highest BCUT2D eigenvalue weighted by atomic mass is 14.0. The van der Waals surface area contributed by atoms with E-state index < -0.39 is 0 Å². The molecule has 0 heterocycles. The highest BCUT2D eigenvalue weighted by Crippen LogP contribution is 2.11. The Morgan fingerprint density at radius 2 is 1.44 bits per heavy atom. The zero-order chi connectivity index (χ0) is 11.5. The maximum absolute atomic E-state index is 3.90. The molecule has 0 saturated heterocycles. The lowest BCUT2D eigenvalue weighted by Crippen LogP contribution is -2.08. The molecule has 0 bridgehead atoms. The molecule has 2 aromatic rings. The van der Waals surface area contributed by atoms with E-state index >= 15 is 0 Å². The lowest BCUT2D eigenvalue weighted by atomic mass is 10.0. The van der Waals surface area contributed by atoms with Crippen LogP contribution in [0.1, 0.15) is 18.1 Å². The fraction of sp³-hybridized carbons (Fsp3) is 0.125. The van der Waals surface area contributed by atoms with Gasteiger partial charge in [-0.05, 0) is 35.4 Å². The molecular formula is C16H16. The topological polar surface area (TPSA) is 0 Å². The van der Waals surface area contributed by atoms with Gasteiger partial charge in [0.1, 0.15) is 0 Å². The smallest absolute Gasteiger partial charge is 0.0221 e. The van der Waals surface area contributed by atoms with Gasteiger partial charge < -0.3 is 0 Å². The van der Waals surface area contributed by atoms with E-state index in [-0.39, 0.29) is 0 Å². The van der Waals surface area contributed by atoms with E-state index in [1.54, 1.807) is 0 Å². The molecule has 0 amide bonds. The first-order chi connectivity index (χ1) is 7.66. The first kappa shape index (κ1) is 10.7. The van der Waals surface area contributed by atoms with Crippen LogP contribution in [0.5, 0.6) is 0 Å². The summed E-state index contributed by atoms with van der Waals surface area (Å²) in [5, 5.41) is 2.32. The molecule has 0 unspecified atom stereocenters. The third kappa shape index (κ3) is 2.22. The van der Waals surface area contributed by atoms with Crippen molar-refractivity contribution in [3.05, 3.63) is 70.1 Å². The van der Waals surface area contributed by atoms with Crippen LogP contribution in [-0.4, -0.2) is 0 Å². The van der Waals surface area contributed by atoms with Gasteiger partial charge in [0, 0.05) is 0 Å². The predicted molar refractivity (Wildman–Crippen MR) is 70.6 cm³/mol. The van der Waals surface area contributed by atoms with Crippen LogP contribution in [-0.2, 0) is 0 Å². The van der Waals surface area contributed by atoms with Crippen LogP contribution in [0.3, 0.4) is 0 Å². The number of rotatable bonds is 1. The largest absolute Gasteiger partial charge is 0.0918 e. The minimum atomic E-state index is 1.06. The molecule has 0 spiro atoms. The average Bonchev–Trinajstić information content (AvgIpc) is 2.30. The van der Waals surface area contributed by atoms with Crippen molar-refractivity contribution in [2.45, 2.75) is 13.8 Å². The minimum Gasteiger partial charge on any atom is -0.0918 e. The summed E-state index contributed by atoms with van der Waals surface area (Å²) in [6, 6.07) is 17.0. The Hall–Kier alpha value is -1.82. The summed E-state index contributed by atoms with van der Waals surface area (Å²) < 4.78 is 0. The summed E-state index contributed by atoms with van der Waals surface area (Å²) >= 11 is 0. The van der Waals surface area contributed by atoms with E-state index in [9.17, 15) is 0 Å². The Morgan fingerprint density at radius 3 is 2.00 bits per heavy atom. The minimum absolute atomic E-state index is 1.06. The SMILES string of the molecule is C=c1ccc(=C(C)c2ccc(C)cc2)cc1. The number of hydrogen-bond donors (Lipinski definition) is 0. The molecule has 0 aliphatic heterocycles. The Labute approximate surface area is 96.6 Å². The van der Waals surface area contributed by atoms with Gasteiger partial charge in [0.15, 0.2) is 0 Å². The second kappa shape index (κ2) is 4.36. The molecule has 0 N–H and O–H groups in total. The quantitative estimate of drug-likeness (QED) is 0.676. The molecule has 0 aliphatic rings. The van der Waals surface area contributed by atoms with Crippen molar-refractivity contribution in [1.82, 2.24) is 0 Å². The van der Waals surface area contributed by atoms with Gasteiger partial charge in [-0.1, -0.05) is 60.7 Å². The number of aryl methyl sites for hydroxylation is 1. The Kier molecular flexibility index (Phi) is 2.91. The van der Waals surface area contributed by atoms with Crippen LogP contribution >= 0.6 is 0 Å². The zero-order valence-corrected chi connectivity index (χ0v) is 9.83. The van der Waals surface area contributed by atoms with E-state index in [2.05, 4.69) is 56.8 Å². The molecule has 2 aromatic carbocycles. The molecule has 0 atom stereocenters. The van der Waals surface area contributed by atoms with Gasteiger partial charge in [-0.15, -0.1) is 0 Å². The highest BCUT2D eigenvalue weighted by Gasteiger charge is 1.95. The third-order valence-electron chi connectivity index (χ3n) is 2.87. The van der Waals surface area contributed by atoms with E-state index in [0.717, 1.165) is 5.22 Å². The first-order valence-electron chi connectivity index (χ1n) is 5.50. The predicted octanol–water partition coefficient (Wildman–Crippen LogP) is 2.62. The molecule has 0 nitrogen and oxygen atoms in total. The van der Waals surface area contributed by atoms with Gasteiger partial charge >= 0.3 is 0 Å². The lowest BCUT2D eigenvalue weighted by molar-refractivity contribution is 1.42. The highest BCUT2D eigenvalue weighted by molar-refractivity contribution is 5.63. The van der Waals surface area contributed by atoms with Crippen LogP contribution in [0.15, 0.2) is 48.5 Å². The van der Waals surface area contributed by atoms with Crippen molar-refractivity contribution < 1.29 is 0 Å². The number of benzene rings is 2. The normalized spacial score (nSPS) is 10.1. The van der Waals surface area contributed by atoms with Crippen LogP contribution in [0.25, 0.3) is 12.2 Å². The van der Waals surface area contributed by atoms with Gasteiger partial charge in [0.05, 0.1) is 0 Å². The van der Waals surface area contributed by atoms with Crippen LogP contribution in [0.4, 0.5) is 0 Å². The van der Waals surface area contributed by atoms with Gasteiger partial charge in [0.2, 0.25) is 0 Å². The summed E-state index contributed by atoms with van der Waals surface area (Å²) in [4.78, 5) is 0. The van der Waals surface area contributed by atoms with Crippen molar-refractivity contribution in [3.8, 4) is 0 Å². The summed E-state index contributed by atoms with van der Waals surface area (Å²) in [6.45, 7) is 8.16. The Morgan fingerprint density at radius 1 is 0.875 bits per heavy atom. The average molecular weight is 208 g/mol. The molecule has 0 saturated carbocycles. The van der Waals surface area contributed by atoms with Gasteiger partial charge in [-0.25, -0.2) is 0 Å². The van der Waals surface area contributed by atoms with E-state index in [1.807, 2.05) is 12.1 Å². The standard InChI is InChI=1S/C16H16/c1-12-4-8-15(9-5-12)14(3)16-10-6-13(2)7-11-16/h4-11H,1H2,2-3H3. The molecule has 0 fully saturated rings. The molecule has 0 radical (unpaired) electrons. The molecule has 0 heteroatoms. The van der Waals surface area contributed by atoms with Crippen LogP contribution < -0.4 is 10.4 Å². The van der Waals surface area contributed by atoms with Gasteiger partial charge in [-0.2, -0.15) is 0 Å². The monoisotopic (exact) mass is 208 g/mol. The maximum atomic E-state index is 3.90. The number of hydrogen-bond acceptors (Lipinski definition) is 0. The van der Waals surface area contributed by atoms with Crippen molar-refractivity contribution in [2.24, 2.45) is 0 Å². The fourth-order valence-corrected chi connectivity index (χ4v) is 1.72. The van der Waals surface area contributed by atoms with E-state index in [4.69, 9.17) is 0 Å². The molecule has 0 aromatic heterocycles. The van der Waals surface area contributed by atoms with Crippen LogP contribution in [0, 0.1) is 6.92 Å². The summed E-state index contributed by atoms with van der Waals surface area (Å²) in [5.41, 5.74) is 3.88. The lowest BCUT2D eigenvalue weighted by Gasteiger charge is -2.02. The van der Waals surface area contributed by atoms with Gasteiger partial charge in [0.25, 0.3) is 0 Å². The van der Waals surface area contributed by atoms with Crippen molar-refractivity contribution in [1.29, 1.82) is 0 Å². The molecular weight excluding hydrogens is 192 g/mol. The molecule has 80 valence electrons. The second-order valence-electron chi connectivity index (χ2n) is 4.19. The summed E-state index contributed by atoms with van der Waals surface area (Å²) in [6.07, 6.45) is 0. The zero-order valence-electron chi connectivity index (χ0n) is 9.83. The van der Waals surface area contributed by atoms with Crippen molar-refractivity contribution in [2.75, 3.05) is 0 Å².